The van der Waals surface area contributed by atoms with Gasteiger partial charge in [-0.15, -0.1) is 0 Å². The summed E-state index contributed by atoms with van der Waals surface area (Å²) in [7, 11) is 0. The maximum absolute atomic E-state index is 13.0. The number of hydrogen-bond donors (Lipinski definition) is 0. The Bertz CT molecular complexity index is 814. The monoisotopic (exact) mass is 370 g/mol. The van der Waals surface area contributed by atoms with E-state index < -0.39 is 17.3 Å². The Labute approximate surface area is 145 Å². The summed E-state index contributed by atoms with van der Waals surface area (Å²) < 4.78 is 39.1. The van der Waals surface area contributed by atoms with Gasteiger partial charge in [-0.25, -0.2) is 4.98 Å². The molecule has 124 valence electrons. The van der Waals surface area contributed by atoms with Gasteiger partial charge in [0.15, 0.2) is 5.78 Å². The molecule has 0 fully saturated rings. The number of benzene rings is 1. The van der Waals surface area contributed by atoms with Crippen molar-refractivity contribution in [1.29, 1.82) is 5.26 Å². The minimum atomic E-state index is -4.66. The maximum atomic E-state index is 13.0. The van der Waals surface area contributed by atoms with Crippen molar-refractivity contribution in [2.75, 3.05) is 5.75 Å². The van der Waals surface area contributed by atoms with Gasteiger partial charge in [-0.1, -0.05) is 23.4 Å². The zero-order chi connectivity index (χ0) is 17.9. The highest BCUT2D eigenvalue weighted by Gasteiger charge is 2.35. The van der Waals surface area contributed by atoms with Gasteiger partial charge in [0, 0.05) is 16.3 Å². The Morgan fingerprint density at radius 1 is 1.33 bits per heavy atom. The lowest BCUT2D eigenvalue weighted by atomic mass is 10.1. The third-order valence-corrected chi connectivity index (χ3v) is 4.27. The minimum absolute atomic E-state index is 0.105. The molecule has 0 atom stereocenters. The molecule has 0 bridgehead atoms. The summed E-state index contributed by atoms with van der Waals surface area (Å²) in [6.07, 6.45) is -4.66. The molecule has 0 saturated carbocycles. The van der Waals surface area contributed by atoms with Crippen LogP contribution in [0.4, 0.5) is 13.2 Å². The maximum Gasteiger partial charge on any atom is 0.417 e. The number of rotatable bonds is 4. The Balaban J connectivity index is 2.27. The zero-order valence-corrected chi connectivity index (χ0v) is 13.9. The number of carbonyl (C=O) groups is 1. The number of carbonyl (C=O) groups excluding carboxylic acids is 1. The molecule has 0 aliphatic heterocycles. The van der Waals surface area contributed by atoms with E-state index in [0.717, 1.165) is 17.8 Å². The van der Waals surface area contributed by atoms with Gasteiger partial charge in [-0.05, 0) is 37.3 Å². The van der Waals surface area contributed by atoms with Crippen molar-refractivity contribution < 1.29 is 18.0 Å². The second kappa shape index (κ2) is 7.24. The third kappa shape index (κ3) is 4.28. The Hall–Kier alpha value is -2.04. The molecule has 1 aromatic carbocycles. The molecular weight excluding hydrogens is 361 g/mol. The predicted octanol–water partition coefficient (Wildman–Crippen LogP) is 4.91. The van der Waals surface area contributed by atoms with Crippen LogP contribution < -0.4 is 0 Å². The lowest BCUT2D eigenvalue weighted by Crippen LogP contribution is -2.11. The van der Waals surface area contributed by atoms with Gasteiger partial charge in [0.25, 0.3) is 0 Å². The van der Waals surface area contributed by atoms with Crippen LogP contribution in [-0.2, 0) is 6.18 Å². The van der Waals surface area contributed by atoms with Gasteiger partial charge in [0.05, 0.1) is 16.9 Å². The topological polar surface area (TPSA) is 53.8 Å². The smallest absolute Gasteiger partial charge is 0.293 e. The van der Waals surface area contributed by atoms with Crippen molar-refractivity contribution in [3.63, 3.8) is 0 Å². The van der Waals surface area contributed by atoms with Gasteiger partial charge < -0.3 is 0 Å². The van der Waals surface area contributed by atoms with Crippen LogP contribution in [0.2, 0.25) is 5.02 Å². The SMILES string of the molecule is Cc1cc(C(F)(F)F)c(C#N)c(SCC(=O)c2ccc(Cl)cc2)n1. The van der Waals surface area contributed by atoms with Crippen molar-refractivity contribution in [3.05, 3.63) is 57.7 Å². The Morgan fingerprint density at radius 2 is 1.96 bits per heavy atom. The fourth-order valence-corrected chi connectivity index (χ4v) is 3.00. The lowest BCUT2D eigenvalue weighted by molar-refractivity contribution is -0.138. The molecule has 0 N–H and O–H groups in total. The van der Waals surface area contributed by atoms with E-state index in [-0.39, 0.29) is 22.3 Å². The third-order valence-electron chi connectivity index (χ3n) is 3.04. The molecule has 0 unspecified atom stereocenters. The molecule has 0 radical (unpaired) electrons. The quantitative estimate of drug-likeness (QED) is 0.567. The number of pyridine rings is 1. The Kier molecular flexibility index (Phi) is 5.52. The molecule has 0 spiro atoms. The average Bonchev–Trinajstić information content (AvgIpc) is 2.51. The highest BCUT2D eigenvalue weighted by atomic mass is 35.5. The molecule has 8 heteroatoms. The predicted molar refractivity (Wildman–Crippen MR) is 85.2 cm³/mol. The van der Waals surface area contributed by atoms with Gasteiger partial charge in [-0.2, -0.15) is 18.4 Å². The number of ketones is 1. The van der Waals surface area contributed by atoms with Crippen LogP contribution in [-0.4, -0.2) is 16.5 Å². The first-order valence-electron chi connectivity index (χ1n) is 6.63. The van der Waals surface area contributed by atoms with Crippen LogP contribution in [0.25, 0.3) is 0 Å². The van der Waals surface area contributed by atoms with Gasteiger partial charge >= 0.3 is 6.18 Å². The first kappa shape index (κ1) is 18.3. The Morgan fingerprint density at radius 3 is 2.50 bits per heavy atom. The van der Waals surface area contributed by atoms with Crippen LogP contribution in [0.5, 0.6) is 0 Å². The van der Waals surface area contributed by atoms with E-state index in [9.17, 15) is 18.0 Å². The van der Waals surface area contributed by atoms with Crippen LogP contribution in [0, 0.1) is 18.3 Å². The molecule has 1 aromatic heterocycles. The number of nitriles is 1. The number of Topliss-reactive ketones (excluding diaryl/α,β-unsaturated/α-hetero) is 1. The van der Waals surface area contributed by atoms with Crippen LogP contribution >= 0.6 is 23.4 Å². The van der Waals surface area contributed by atoms with Gasteiger partial charge in [0.2, 0.25) is 0 Å². The zero-order valence-electron chi connectivity index (χ0n) is 12.3. The molecule has 0 amide bonds. The van der Waals surface area contributed by atoms with Crippen molar-refractivity contribution in [2.45, 2.75) is 18.1 Å². The fraction of sp³-hybridized carbons (Fsp3) is 0.188. The van der Waals surface area contributed by atoms with E-state index in [2.05, 4.69) is 4.98 Å². The minimum Gasteiger partial charge on any atom is -0.293 e. The summed E-state index contributed by atoms with van der Waals surface area (Å²) >= 11 is 6.54. The van der Waals surface area contributed by atoms with E-state index in [4.69, 9.17) is 16.9 Å². The lowest BCUT2D eigenvalue weighted by Gasteiger charge is -2.12. The van der Waals surface area contributed by atoms with Crippen molar-refractivity contribution in [1.82, 2.24) is 4.98 Å². The highest BCUT2D eigenvalue weighted by molar-refractivity contribution is 8.00. The normalized spacial score (nSPS) is 11.2. The first-order chi connectivity index (χ1) is 11.2. The van der Waals surface area contributed by atoms with Gasteiger partial charge in [0.1, 0.15) is 11.1 Å². The molecule has 1 heterocycles. The number of aromatic nitrogens is 1. The highest BCUT2D eigenvalue weighted by Crippen LogP contribution is 2.35. The fourth-order valence-electron chi connectivity index (χ4n) is 1.93. The summed E-state index contributed by atoms with van der Waals surface area (Å²) in [5.74, 6) is -0.429. The van der Waals surface area contributed by atoms with E-state index in [0.29, 0.717) is 10.6 Å². The molecule has 2 rings (SSSR count). The van der Waals surface area contributed by atoms with Crippen LogP contribution in [0.15, 0.2) is 35.4 Å². The number of nitrogens with zero attached hydrogens (tertiary/aromatic N) is 2. The second-order valence-electron chi connectivity index (χ2n) is 4.82. The summed E-state index contributed by atoms with van der Waals surface area (Å²) in [5.41, 5.74) is -1.10. The number of aryl methyl sites for hydroxylation is 1. The molecule has 24 heavy (non-hydrogen) atoms. The number of alkyl halides is 3. The largest absolute Gasteiger partial charge is 0.417 e. The first-order valence-corrected chi connectivity index (χ1v) is 7.99. The summed E-state index contributed by atoms with van der Waals surface area (Å²) in [5, 5.41) is 9.43. The molecule has 3 nitrogen and oxygen atoms in total. The van der Waals surface area contributed by atoms with Crippen molar-refractivity contribution in [2.24, 2.45) is 0 Å². The summed E-state index contributed by atoms with van der Waals surface area (Å²) in [6, 6.07) is 8.51. The summed E-state index contributed by atoms with van der Waals surface area (Å²) in [6.45, 7) is 1.40. The number of hydrogen-bond acceptors (Lipinski definition) is 4. The standard InChI is InChI=1S/C16H10ClF3N2OS/c1-9-6-13(16(18,19)20)12(7-21)15(22-9)24-8-14(23)10-2-4-11(17)5-3-10/h2-6H,8H2,1H3. The number of thioether (sulfide) groups is 1. The molecule has 0 saturated heterocycles. The van der Waals surface area contributed by atoms with Crippen LogP contribution in [0.1, 0.15) is 27.2 Å². The summed E-state index contributed by atoms with van der Waals surface area (Å²) in [4.78, 5) is 16.1. The van der Waals surface area contributed by atoms with Crippen LogP contribution in [0.3, 0.4) is 0 Å². The van der Waals surface area contributed by atoms with E-state index in [1.54, 1.807) is 12.1 Å². The molecule has 2 aromatic rings. The van der Waals surface area contributed by atoms with E-state index in [1.807, 2.05) is 0 Å². The number of halogens is 4. The molecule has 0 aliphatic rings. The molecular formula is C16H10ClF3N2OS. The average molecular weight is 371 g/mol. The molecule has 0 aliphatic carbocycles. The van der Waals surface area contributed by atoms with Gasteiger partial charge in [-0.3, -0.25) is 4.79 Å². The van der Waals surface area contributed by atoms with Crippen molar-refractivity contribution >= 4 is 29.1 Å². The van der Waals surface area contributed by atoms with E-state index >= 15 is 0 Å². The van der Waals surface area contributed by atoms with Crippen molar-refractivity contribution in [3.8, 4) is 6.07 Å². The second-order valence-corrected chi connectivity index (χ2v) is 6.22. The van der Waals surface area contributed by atoms with E-state index in [1.165, 1.54) is 25.1 Å².